The van der Waals surface area contributed by atoms with E-state index in [-0.39, 0.29) is 42.7 Å². The SMILES string of the molecule is CNCC(C)C(=O)NC1CCN(c2cc(OC)cc(OC)c2)C1.Cl.Cl. The highest BCUT2D eigenvalue weighted by molar-refractivity contribution is 5.85. The Kier molecular flexibility index (Phi) is 10.7. The van der Waals surface area contributed by atoms with E-state index in [1.165, 1.54) is 0 Å². The van der Waals surface area contributed by atoms with E-state index in [1.54, 1.807) is 14.2 Å². The number of rotatable bonds is 7. The van der Waals surface area contributed by atoms with Crippen LogP contribution in [-0.4, -0.2) is 52.9 Å². The first-order valence-electron chi connectivity index (χ1n) is 8.00. The van der Waals surface area contributed by atoms with Crippen LogP contribution in [0.4, 0.5) is 5.69 Å². The van der Waals surface area contributed by atoms with Gasteiger partial charge in [-0.25, -0.2) is 0 Å². The second-order valence-corrected chi connectivity index (χ2v) is 5.97. The summed E-state index contributed by atoms with van der Waals surface area (Å²) >= 11 is 0. The molecule has 2 rings (SSSR count). The number of benzene rings is 1. The Bertz CT molecular complexity index is 524. The molecular weight excluding hydrogens is 365 g/mol. The van der Waals surface area contributed by atoms with Gasteiger partial charge in [-0.2, -0.15) is 0 Å². The van der Waals surface area contributed by atoms with Gasteiger partial charge in [0.15, 0.2) is 0 Å². The molecule has 1 aliphatic rings. The van der Waals surface area contributed by atoms with Gasteiger partial charge in [-0.1, -0.05) is 6.92 Å². The summed E-state index contributed by atoms with van der Waals surface area (Å²) < 4.78 is 10.6. The van der Waals surface area contributed by atoms with Crippen LogP contribution in [0.5, 0.6) is 11.5 Å². The highest BCUT2D eigenvalue weighted by atomic mass is 35.5. The maximum absolute atomic E-state index is 12.1. The summed E-state index contributed by atoms with van der Waals surface area (Å²) in [4.78, 5) is 14.4. The standard InChI is InChI=1S/C17H27N3O3.2ClH/c1-12(10-18-2)17(21)19-13-5-6-20(11-13)14-7-15(22-3)9-16(8-14)23-4;;/h7-9,12-13,18H,5-6,10-11H2,1-4H3,(H,19,21);2*1H. The number of hydrogen-bond acceptors (Lipinski definition) is 5. The van der Waals surface area contributed by atoms with Crippen molar-refractivity contribution in [2.75, 3.05) is 45.8 Å². The van der Waals surface area contributed by atoms with Crippen molar-refractivity contribution in [2.45, 2.75) is 19.4 Å². The van der Waals surface area contributed by atoms with Gasteiger partial charge in [-0.3, -0.25) is 4.79 Å². The van der Waals surface area contributed by atoms with Crippen LogP contribution in [0.3, 0.4) is 0 Å². The molecule has 144 valence electrons. The molecular formula is C17H29Cl2N3O3. The quantitative estimate of drug-likeness (QED) is 0.742. The van der Waals surface area contributed by atoms with Crippen LogP contribution in [0.2, 0.25) is 0 Å². The Morgan fingerprint density at radius 1 is 1.24 bits per heavy atom. The van der Waals surface area contributed by atoms with E-state index in [1.807, 2.05) is 32.2 Å². The zero-order valence-corrected chi connectivity index (χ0v) is 16.8. The van der Waals surface area contributed by atoms with Crippen LogP contribution >= 0.6 is 24.8 Å². The van der Waals surface area contributed by atoms with Crippen molar-refractivity contribution in [3.63, 3.8) is 0 Å². The molecule has 0 bridgehead atoms. The highest BCUT2D eigenvalue weighted by Crippen LogP contribution is 2.30. The topological polar surface area (TPSA) is 62.8 Å². The van der Waals surface area contributed by atoms with Crippen molar-refractivity contribution in [1.82, 2.24) is 10.6 Å². The number of amides is 1. The van der Waals surface area contributed by atoms with Crippen LogP contribution in [0.15, 0.2) is 18.2 Å². The fourth-order valence-corrected chi connectivity index (χ4v) is 2.83. The molecule has 8 heteroatoms. The summed E-state index contributed by atoms with van der Waals surface area (Å²) in [5.74, 6) is 1.63. The normalized spacial score (nSPS) is 17.1. The van der Waals surface area contributed by atoms with Gasteiger partial charge in [-0.15, -0.1) is 24.8 Å². The average Bonchev–Trinajstić information content (AvgIpc) is 3.03. The van der Waals surface area contributed by atoms with Crippen LogP contribution < -0.4 is 25.0 Å². The van der Waals surface area contributed by atoms with E-state index in [9.17, 15) is 4.79 Å². The fraction of sp³-hybridized carbons (Fsp3) is 0.588. The lowest BCUT2D eigenvalue weighted by Crippen LogP contribution is -2.42. The van der Waals surface area contributed by atoms with Crippen LogP contribution in [0.25, 0.3) is 0 Å². The molecule has 1 aromatic rings. The van der Waals surface area contributed by atoms with Gasteiger partial charge < -0.3 is 25.0 Å². The summed E-state index contributed by atoms with van der Waals surface area (Å²) in [6.45, 7) is 4.33. The summed E-state index contributed by atoms with van der Waals surface area (Å²) in [5, 5.41) is 6.17. The minimum absolute atomic E-state index is 0. The molecule has 1 aliphatic heterocycles. The van der Waals surface area contributed by atoms with E-state index in [2.05, 4.69) is 15.5 Å². The first-order chi connectivity index (χ1) is 11.1. The van der Waals surface area contributed by atoms with E-state index >= 15 is 0 Å². The van der Waals surface area contributed by atoms with Crippen molar-refractivity contribution in [3.05, 3.63) is 18.2 Å². The molecule has 0 spiro atoms. The molecule has 0 saturated carbocycles. The fourth-order valence-electron chi connectivity index (χ4n) is 2.83. The third-order valence-electron chi connectivity index (χ3n) is 4.19. The van der Waals surface area contributed by atoms with Gasteiger partial charge in [0.25, 0.3) is 0 Å². The lowest BCUT2D eigenvalue weighted by Gasteiger charge is -2.21. The van der Waals surface area contributed by atoms with Gasteiger partial charge in [0.2, 0.25) is 5.91 Å². The third kappa shape index (κ3) is 6.45. The Hall–Kier alpha value is -1.37. The summed E-state index contributed by atoms with van der Waals surface area (Å²) in [6, 6.07) is 6.03. The Morgan fingerprint density at radius 3 is 2.36 bits per heavy atom. The third-order valence-corrected chi connectivity index (χ3v) is 4.19. The van der Waals surface area contributed by atoms with Crippen molar-refractivity contribution in [3.8, 4) is 11.5 Å². The van der Waals surface area contributed by atoms with Gasteiger partial charge in [0.1, 0.15) is 11.5 Å². The number of nitrogens with one attached hydrogen (secondary N) is 2. The molecule has 2 atom stereocenters. The molecule has 25 heavy (non-hydrogen) atoms. The number of ether oxygens (including phenoxy) is 2. The number of carbonyl (C=O) groups is 1. The number of anilines is 1. The zero-order chi connectivity index (χ0) is 16.8. The summed E-state index contributed by atoms with van der Waals surface area (Å²) in [7, 11) is 5.15. The molecule has 0 aromatic heterocycles. The van der Waals surface area contributed by atoms with Crippen molar-refractivity contribution in [2.24, 2.45) is 5.92 Å². The molecule has 1 amide bonds. The molecule has 1 fully saturated rings. The largest absolute Gasteiger partial charge is 0.497 e. The van der Waals surface area contributed by atoms with E-state index in [4.69, 9.17) is 9.47 Å². The predicted molar refractivity (Wildman–Crippen MR) is 106 cm³/mol. The van der Waals surface area contributed by atoms with Crippen LogP contribution in [0.1, 0.15) is 13.3 Å². The summed E-state index contributed by atoms with van der Waals surface area (Å²) in [5.41, 5.74) is 1.06. The van der Waals surface area contributed by atoms with Gasteiger partial charge in [-0.05, 0) is 13.5 Å². The lowest BCUT2D eigenvalue weighted by atomic mass is 10.1. The van der Waals surface area contributed by atoms with Crippen molar-refractivity contribution < 1.29 is 14.3 Å². The number of nitrogens with zero attached hydrogens (tertiary/aromatic N) is 1. The lowest BCUT2D eigenvalue weighted by molar-refractivity contribution is -0.124. The molecule has 1 saturated heterocycles. The van der Waals surface area contributed by atoms with E-state index in [0.29, 0.717) is 6.54 Å². The Labute approximate surface area is 162 Å². The Balaban J connectivity index is 0.00000288. The van der Waals surface area contributed by atoms with Gasteiger partial charge in [0.05, 0.1) is 14.2 Å². The molecule has 0 radical (unpaired) electrons. The Morgan fingerprint density at radius 2 is 1.84 bits per heavy atom. The maximum atomic E-state index is 12.1. The van der Waals surface area contributed by atoms with Crippen LogP contribution in [-0.2, 0) is 4.79 Å². The molecule has 2 unspecified atom stereocenters. The first-order valence-corrected chi connectivity index (χ1v) is 8.00. The highest BCUT2D eigenvalue weighted by Gasteiger charge is 2.26. The van der Waals surface area contributed by atoms with Crippen molar-refractivity contribution >= 4 is 36.4 Å². The second-order valence-electron chi connectivity index (χ2n) is 5.97. The second kappa shape index (κ2) is 11.3. The molecule has 6 nitrogen and oxygen atoms in total. The smallest absolute Gasteiger partial charge is 0.224 e. The van der Waals surface area contributed by atoms with E-state index in [0.717, 1.165) is 36.7 Å². The predicted octanol–water partition coefficient (Wildman–Crippen LogP) is 2.10. The summed E-state index contributed by atoms with van der Waals surface area (Å²) in [6.07, 6.45) is 0.942. The zero-order valence-electron chi connectivity index (χ0n) is 15.2. The van der Waals surface area contributed by atoms with Gasteiger partial charge in [0, 0.05) is 55.5 Å². The number of hydrogen-bond donors (Lipinski definition) is 2. The van der Waals surface area contributed by atoms with Gasteiger partial charge >= 0.3 is 0 Å². The minimum atomic E-state index is -0.0223. The molecule has 0 aliphatic carbocycles. The van der Waals surface area contributed by atoms with Crippen LogP contribution in [0, 0.1) is 5.92 Å². The minimum Gasteiger partial charge on any atom is -0.497 e. The average molecular weight is 394 g/mol. The monoisotopic (exact) mass is 393 g/mol. The van der Waals surface area contributed by atoms with Crippen molar-refractivity contribution in [1.29, 1.82) is 0 Å². The number of carbonyl (C=O) groups excluding carboxylic acids is 1. The molecule has 2 N–H and O–H groups in total. The molecule has 1 heterocycles. The maximum Gasteiger partial charge on any atom is 0.224 e. The first kappa shape index (κ1) is 23.6. The molecule has 1 aromatic carbocycles. The van der Waals surface area contributed by atoms with E-state index < -0.39 is 0 Å². The number of methoxy groups -OCH3 is 2. The number of halogens is 2.